The van der Waals surface area contributed by atoms with Crippen LogP contribution in [0.3, 0.4) is 0 Å². The Bertz CT molecular complexity index is 210. The maximum Gasteiger partial charge on any atom is 0.0707 e. The molecule has 2 bridgehead atoms. The molecule has 0 aromatic carbocycles. The van der Waals surface area contributed by atoms with E-state index in [-0.39, 0.29) is 6.10 Å². The molecule has 16 heavy (non-hydrogen) atoms. The molecule has 2 aliphatic heterocycles. The molecule has 0 aromatic heterocycles. The number of aliphatic hydroxyl groups is 1. The fourth-order valence-corrected chi connectivity index (χ4v) is 3.18. The zero-order valence-electron chi connectivity index (χ0n) is 10.6. The van der Waals surface area contributed by atoms with Gasteiger partial charge in [-0.15, -0.1) is 0 Å². The Kier molecular flexibility index (Phi) is 4.22. The molecule has 3 heteroatoms. The smallest absolute Gasteiger partial charge is 0.0707 e. The Morgan fingerprint density at radius 3 is 2.38 bits per heavy atom. The average molecular weight is 227 g/mol. The molecule has 2 fully saturated rings. The molecule has 4 unspecified atom stereocenters. The van der Waals surface area contributed by atoms with Crippen LogP contribution in [0.1, 0.15) is 46.0 Å². The molecule has 0 saturated carbocycles. The van der Waals surface area contributed by atoms with E-state index >= 15 is 0 Å². The lowest BCUT2D eigenvalue weighted by Gasteiger charge is -2.39. The van der Waals surface area contributed by atoms with E-state index in [1.54, 1.807) is 0 Å². The van der Waals surface area contributed by atoms with Gasteiger partial charge in [0.05, 0.1) is 18.3 Å². The summed E-state index contributed by atoms with van der Waals surface area (Å²) in [5.41, 5.74) is 0. The molecular formula is C13H25NO2. The van der Waals surface area contributed by atoms with Gasteiger partial charge in [-0.1, -0.05) is 20.3 Å². The van der Waals surface area contributed by atoms with Gasteiger partial charge >= 0.3 is 0 Å². The van der Waals surface area contributed by atoms with Crippen molar-refractivity contribution in [1.29, 1.82) is 0 Å². The number of nitrogens with zero attached hydrogens (tertiary/aromatic N) is 1. The average Bonchev–Trinajstić information content (AvgIpc) is 2.59. The first-order valence-corrected chi connectivity index (χ1v) is 6.82. The number of hydrogen-bond acceptors (Lipinski definition) is 3. The first-order valence-electron chi connectivity index (χ1n) is 6.82. The number of fused-ring (bicyclic) bond motifs is 2. The Morgan fingerprint density at radius 1 is 1.25 bits per heavy atom. The summed E-state index contributed by atoms with van der Waals surface area (Å²) in [6.07, 6.45) is 6.15. The molecule has 2 aliphatic rings. The quantitative estimate of drug-likeness (QED) is 0.777. The minimum atomic E-state index is -0.160. The Hall–Kier alpha value is -0.120. The van der Waals surface area contributed by atoms with Crippen molar-refractivity contribution in [1.82, 2.24) is 4.90 Å². The van der Waals surface area contributed by atoms with Gasteiger partial charge in [-0.2, -0.15) is 0 Å². The zero-order valence-corrected chi connectivity index (χ0v) is 10.6. The summed E-state index contributed by atoms with van der Waals surface area (Å²) in [7, 11) is 0. The van der Waals surface area contributed by atoms with E-state index in [4.69, 9.17) is 4.74 Å². The van der Waals surface area contributed by atoms with Gasteiger partial charge in [-0.25, -0.2) is 0 Å². The van der Waals surface area contributed by atoms with E-state index < -0.39 is 0 Å². The van der Waals surface area contributed by atoms with Gasteiger partial charge in [0.1, 0.15) is 0 Å². The third-order valence-corrected chi connectivity index (χ3v) is 3.99. The molecule has 0 spiro atoms. The van der Waals surface area contributed by atoms with Crippen molar-refractivity contribution >= 4 is 0 Å². The first-order chi connectivity index (χ1) is 7.74. The minimum absolute atomic E-state index is 0.160. The molecule has 0 amide bonds. The molecule has 0 aliphatic carbocycles. The van der Waals surface area contributed by atoms with Crippen molar-refractivity contribution in [2.24, 2.45) is 0 Å². The largest absolute Gasteiger partial charge is 0.391 e. The topological polar surface area (TPSA) is 32.7 Å². The third kappa shape index (κ3) is 2.58. The molecule has 1 N–H and O–H groups in total. The Labute approximate surface area is 98.8 Å². The molecule has 2 saturated heterocycles. The number of likely N-dealkylation sites (tertiary alicyclic amines) is 1. The van der Waals surface area contributed by atoms with E-state index in [2.05, 4.69) is 18.7 Å². The SMILES string of the molecule is CCCC(O)C(CC)N1CC2CCC(C1)O2. The van der Waals surface area contributed by atoms with Gasteiger partial charge in [0.25, 0.3) is 0 Å². The second-order valence-corrected chi connectivity index (χ2v) is 5.24. The van der Waals surface area contributed by atoms with Crippen molar-refractivity contribution in [3.8, 4) is 0 Å². The van der Waals surface area contributed by atoms with Crippen molar-refractivity contribution in [2.75, 3.05) is 13.1 Å². The first kappa shape index (κ1) is 12.3. The monoisotopic (exact) mass is 227 g/mol. The van der Waals surface area contributed by atoms with E-state index in [0.29, 0.717) is 18.2 Å². The normalized spacial score (nSPS) is 33.9. The minimum Gasteiger partial charge on any atom is -0.391 e. The van der Waals surface area contributed by atoms with Gasteiger partial charge in [0, 0.05) is 19.1 Å². The predicted octanol–water partition coefficient (Wildman–Crippen LogP) is 1.79. The van der Waals surface area contributed by atoms with Crippen molar-refractivity contribution in [3.63, 3.8) is 0 Å². The lowest BCUT2D eigenvalue weighted by molar-refractivity contribution is -0.0743. The molecule has 94 valence electrons. The van der Waals surface area contributed by atoms with Crippen LogP contribution in [0.25, 0.3) is 0 Å². The van der Waals surface area contributed by atoms with Crippen LogP contribution in [0.15, 0.2) is 0 Å². The van der Waals surface area contributed by atoms with Crippen LogP contribution in [0.2, 0.25) is 0 Å². The van der Waals surface area contributed by atoms with Gasteiger partial charge in [-0.3, -0.25) is 4.90 Å². The van der Waals surface area contributed by atoms with E-state index in [1.165, 1.54) is 12.8 Å². The number of morpholine rings is 1. The summed E-state index contributed by atoms with van der Waals surface area (Å²) in [6.45, 7) is 6.37. The summed E-state index contributed by atoms with van der Waals surface area (Å²) in [6, 6.07) is 0.340. The van der Waals surface area contributed by atoms with Gasteiger partial charge in [0.15, 0.2) is 0 Å². The molecule has 0 radical (unpaired) electrons. The van der Waals surface area contributed by atoms with Crippen molar-refractivity contribution in [2.45, 2.75) is 70.3 Å². The molecule has 2 rings (SSSR count). The predicted molar refractivity (Wildman–Crippen MR) is 64.5 cm³/mol. The van der Waals surface area contributed by atoms with Crippen LogP contribution in [0.4, 0.5) is 0 Å². The molecule has 2 heterocycles. The summed E-state index contributed by atoms with van der Waals surface area (Å²) < 4.78 is 5.84. The highest BCUT2D eigenvalue weighted by Gasteiger charge is 2.37. The van der Waals surface area contributed by atoms with Gasteiger partial charge in [0.2, 0.25) is 0 Å². The van der Waals surface area contributed by atoms with Crippen LogP contribution >= 0.6 is 0 Å². The van der Waals surface area contributed by atoms with Crippen molar-refractivity contribution in [3.05, 3.63) is 0 Å². The Balaban J connectivity index is 1.93. The third-order valence-electron chi connectivity index (χ3n) is 3.99. The highest BCUT2D eigenvalue weighted by atomic mass is 16.5. The summed E-state index contributed by atoms with van der Waals surface area (Å²) >= 11 is 0. The van der Waals surface area contributed by atoms with Crippen LogP contribution in [0.5, 0.6) is 0 Å². The van der Waals surface area contributed by atoms with E-state index in [0.717, 1.165) is 32.4 Å². The molecule has 4 atom stereocenters. The summed E-state index contributed by atoms with van der Waals surface area (Å²) in [5, 5.41) is 10.2. The molecule has 3 nitrogen and oxygen atoms in total. The lowest BCUT2D eigenvalue weighted by atomic mass is 10.0. The lowest BCUT2D eigenvalue weighted by Crippen LogP contribution is -2.51. The fourth-order valence-electron chi connectivity index (χ4n) is 3.18. The maximum absolute atomic E-state index is 10.2. The highest BCUT2D eigenvalue weighted by Crippen LogP contribution is 2.29. The van der Waals surface area contributed by atoms with Crippen LogP contribution in [0, 0.1) is 0 Å². The van der Waals surface area contributed by atoms with E-state index in [9.17, 15) is 5.11 Å². The van der Waals surface area contributed by atoms with Crippen LogP contribution < -0.4 is 0 Å². The van der Waals surface area contributed by atoms with Crippen LogP contribution in [-0.4, -0.2) is 47.4 Å². The molecular weight excluding hydrogens is 202 g/mol. The standard InChI is InChI=1S/C13H25NO2/c1-3-5-13(15)12(4-2)14-8-10-6-7-11(9-14)16-10/h10-13,15H,3-9H2,1-2H3. The second kappa shape index (κ2) is 5.48. The number of ether oxygens (including phenoxy) is 1. The maximum atomic E-state index is 10.2. The van der Waals surface area contributed by atoms with Crippen LogP contribution in [-0.2, 0) is 4.74 Å². The van der Waals surface area contributed by atoms with E-state index in [1.807, 2.05) is 0 Å². The summed E-state index contributed by atoms with van der Waals surface area (Å²) in [5.74, 6) is 0. The van der Waals surface area contributed by atoms with Gasteiger partial charge < -0.3 is 9.84 Å². The van der Waals surface area contributed by atoms with Gasteiger partial charge in [-0.05, 0) is 25.7 Å². The fraction of sp³-hybridized carbons (Fsp3) is 1.00. The number of rotatable bonds is 5. The number of aliphatic hydroxyl groups excluding tert-OH is 1. The number of hydrogen-bond donors (Lipinski definition) is 1. The second-order valence-electron chi connectivity index (χ2n) is 5.24. The Morgan fingerprint density at radius 2 is 1.88 bits per heavy atom. The zero-order chi connectivity index (χ0) is 11.5. The highest BCUT2D eigenvalue weighted by molar-refractivity contribution is 4.89. The molecule has 0 aromatic rings. The van der Waals surface area contributed by atoms with Crippen molar-refractivity contribution < 1.29 is 9.84 Å². The summed E-state index contributed by atoms with van der Waals surface area (Å²) in [4.78, 5) is 2.46.